The number of hydrogen-bond donors (Lipinski definition) is 1. The quantitative estimate of drug-likeness (QED) is 0.733. The number of fused-ring (bicyclic) bond motifs is 1. The van der Waals surface area contributed by atoms with E-state index in [4.69, 9.17) is 4.74 Å². The van der Waals surface area contributed by atoms with Gasteiger partial charge in [-0.3, -0.25) is 4.79 Å². The van der Waals surface area contributed by atoms with Crippen molar-refractivity contribution in [2.24, 2.45) is 0 Å². The molecule has 2 heterocycles. The summed E-state index contributed by atoms with van der Waals surface area (Å²) in [5.41, 5.74) is 1.44. The highest BCUT2D eigenvalue weighted by atomic mass is 32.1. The van der Waals surface area contributed by atoms with E-state index in [2.05, 4.69) is 16.9 Å². The average molecular weight is 342 g/mol. The number of aromatic amines is 1. The first-order chi connectivity index (χ1) is 11.5. The third kappa shape index (κ3) is 3.10. The minimum atomic E-state index is -0.637. The van der Waals surface area contributed by atoms with Crippen LogP contribution < -0.4 is 5.56 Å². The van der Waals surface area contributed by atoms with Gasteiger partial charge in [-0.2, -0.15) is 0 Å². The maximum Gasteiger partial charge on any atom is 0.349 e. The number of aromatic nitrogens is 2. The van der Waals surface area contributed by atoms with Gasteiger partial charge < -0.3 is 9.72 Å². The molecule has 24 heavy (non-hydrogen) atoms. The highest BCUT2D eigenvalue weighted by molar-refractivity contribution is 7.14. The molecule has 0 saturated carbocycles. The van der Waals surface area contributed by atoms with Crippen LogP contribution in [0.2, 0.25) is 0 Å². The number of nitrogens with one attached hydrogen (secondary N) is 1. The van der Waals surface area contributed by atoms with Crippen molar-refractivity contribution in [3.8, 4) is 0 Å². The number of carbonyl (C=O) groups is 1. The second kappa shape index (κ2) is 6.57. The number of hydrogen-bond acceptors (Lipinski definition) is 5. The van der Waals surface area contributed by atoms with Crippen LogP contribution in [0.5, 0.6) is 0 Å². The second-order valence-corrected chi connectivity index (χ2v) is 6.72. The first-order valence-corrected chi connectivity index (χ1v) is 8.60. The molecule has 1 aromatic carbocycles. The Labute approximate surface area is 143 Å². The van der Waals surface area contributed by atoms with E-state index in [9.17, 15) is 9.59 Å². The number of nitrogens with zero attached hydrogens (tertiary/aromatic N) is 1. The molecule has 0 radical (unpaired) electrons. The number of thiophene rings is 1. The monoisotopic (exact) mass is 342 g/mol. The largest absolute Gasteiger partial charge is 0.450 e. The van der Waals surface area contributed by atoms with Crippen molar-refractivity contribution in [2.45, 2.75) is 33.3 Å². The highest BCUT2D eigenvalue weighted by Gasteiger charge is 2.19. The number of ether oxygens (including phenoxy) is 1. The van der Waals surface area contributed by atoms with Gasteiger partial charge in [0.05, 0.1) is 10.9 Å². The zero-order valence-electron chi connectivity index (χ0n) is 13.8. The number of aryl methyl sites for hydroxylation is 2. The Morgan fingerprint density at radius 2 is 2.12 bits per heavy atom. The molecule has 1 unspecified atom stereocenters. The lowest BCUT2D eigenvalue weighted by Gasteiger charge is -2.12. The van der Waals surface area contributed by atoms with Crippen LogP contribution >= 0.6 is 11.3 Å². The van der Waals surface area contributed by atoms with Crippen molar-refractivity contribution < 1.29 is 9.53 Å². The zero-order chi connectivity index (χ0) is 17.3. The third-order valence-corrected chi connectivity index (χ3v) is 5.20. The van der Waals surface area contributed by atoms with Gasteiger partial charge in [0.2, 0.25) is 0 Å². The Kier molecular flexibility index (Phi) is 4.49. The van der Waals surface area contributed by atoms with E-state index in [-0.39, 0.29) is 5.56 Å². The van der Waals surface area contributed by atoms with Crippen molar-refractivity contribution in [1.29, 1.82) is 0 Å². The molecule has 1 atom stereocenters. The number of esters is 1. The van der Waals surface area contributed by atoms with Crippen molar-refractivity contribution in [1.82, 2.24) is 9.97 Å². The van der Waals surface area contributed by atoms with Gasteiger partial charge in [-0.05, 0) is 44.0 Å². The molecule has 124 valence electrons. The smallest absolute Gasteiger partial charge is 0.349 e. The van der Waals surface area contributed by atoms with Crippen LogP contribution in [0.4, 0.5) is 0 Å². The van der Waals surface area contributed by atoms with Crippen molar-refractivity contribution in [3.05, 3.63) is 61.8 Å². The summed E-state index contributed by atoms with van der Waals surface area (Å²) in [6.07, 6.45) is 0.251. The summed E-state index contributed by atoms with van der Waals surface area (Å²) in [4.78, 5) is 33.3. The first-order valence-electron chi connectivity index (χ1n) is 7.78. The molecule has 0 aliphatic carbocycles. The third-order valence-electron chi connectivity index (χ3n) is 3.84. The van der Waals surface area contributed by atoms with Crippen LogP contribution in [0.1, 0.15) is 45.9 Å². The minimum Gasteiger partial charge on any atom is -0.450 e. The fourth-order valence-corrected chi connectivity index (χ4v) is 3.54. The summed E-state index contributed by atoms with van der Waals surface area (Å²) >= 11 is 1.44. The molecule has 0 bridgehead atoms. The van der Waals surface area contributed by atoms with Gasteiger partial charge in [0, 0.05) is 4.88 Å². The Balaban J connectivity index is 1.85. The van der Waals surface area contributed by atoms with Gasteiger partial charge in [-0.15, -0.1) is 11.3 Å². The normalized spacial score (nSPS) is 12.3. The molecule has 0 saturated heterocycles. The van der Waals surface area contributed by atoms with Crippen LogP contribution in [0.15, 0.2) is 35.1 Å². The lowest BCUT2D eigenvalue weighted by molar-refractivity contribution is 0.0326. The van der Waals surface area contributed by atoms with E-state index in [1.54, 1.807) is 25.1 Å². The Hall–Kier alpha value is -2.47. The summed E-state index contributed by atoms with van der Waals surface area (Å²) in [5, 5.41) is 0.515. The van der Waals surface area contributed by atoms with Gasteiger partial charge in [0.1, 0.15) is 4.88 Å². The molecule has 0 spiro atoms. The molecule has 1 N–H and O–H groups in total. The van der Waals surface area contributed by atoms with Crippen LogP contribution in [0.3, 0.4) is 0 Å². The van der Waals surface area contributed by atoms with Gasteiger partial charge >= 0.3 is 5.97 Å². The average Bonchev–Trinajstić information content (AvgIpc) is 2.96. The maximum absolute atomic E-state index is 12.3. The molecule has 2 aromatic heterocycles. The van der Waals surface area contributed by atoms with Gasteiger partial charge in [0.25, 0.3) is 5.56 Å². The van der Waals surface area contributed by atoms with Crippen LogP contribution in [-0.4, -0.2) is 15.9 Å². The van der Waals surface area contributed by atoms with Gasteiger partial charge in [-0.25, -0.2) is 9.78 Å². The predicted octanol–water partition coefficient (Wildman–Crippen LogP) is 3.77. The van der Waals surface area contributed by atoms with Crippen molar-refractivity contribution in [3.63, 3.8) is 0 Å². The highest BCUT2D eigenvalue weighted by Crippen LogP contribution is 2.25. The molecular weight excluding hydrogens is 324 g/mol. The van der Waals surface area contributed by atoms with Crippen molar-refractivity contribution >= 4 is 28.2 Å². The Morgan fingerprint density at radius 1 is 1.38 bits per heavy atom. The second-order valence-electron chi connectivity index (χ2n) is 5.59. The zero-order valence-corrected chi connectivity index (χ0v) is 14.6. The fraction of sp³-hybridized carbons (Fsp3) is 0.278. The molecule has 0 amide bonds. The van der Waals surface area contributed by atoms with E-state index in [1.807, 2.05) is 19.1 Å². The predicted molar refractivity (Wildman–Crippen MR) is 94.6 cm³/mol. The number of H-pyrrole nitrogens is 1. The van der Waals surface area contributed by atoms with Crippen LogP contribution in [0, 0.1) is 6.92 Å². The fourth-order valence-electron chi connectivity index (χ4n) is 2.54. The molecule has 5 nitrogen and oxygen atoms in total. The van der Waals surface area contributed by atoms with E-state index in [0.29, 0.717) is 21.6 Å². The van der Waals surface area contributed by atoms with Crippen LogP contribution in [0.25, 0.3) is 10.9 Å². The summed E-state index contributed by atoms with van der Waals surface area (Å²) in [7, 11) is 0. The standard InChI is InChI=1S/C18H18N2O3S/c1-4-14-10(2)9-15(24-14)18(22)23-11(3)16-19-13-8-6-5-7-12(13)17(21)20-16/h5-9,11H,4H2,1-3H3,(H,19,20,21). The molecular formula is C18H18N2O3S. The van der Waals surface area contributed by atoms with E-state index >= 15 is 0 Å². The summed E-state index contributed by atoms with van der Waals surface area (Å²) in [6, 6.07) is 8.92. The molecule has 6 heteroatoms. The number of benzene rings is 1. The van der Waals surface area contributed by atoms with Crippen molar-refractivity contribution in [2.75, 3.05) is 0 Å². The van der Waals surface area contributed by atoms with Crippen LogP contribution in [-0.2, 0) is 11.2 Å². The molecule has 3 rings (SSSR count). The molecule has 0 fully saturated rings. The first kappa shape index (κ1) is 16.4. The molecule has 0 aliphatic rings. The number of rotatable bonds is 4. The SMILES string of the molecule is CCc1sc(C(=O)OC(C)c2nc3ccccc3c(=O)[nH]2)cc1C. The van der Waals surface area contributed by atoms with Gasteiger partial charge in [-0.1, -0.05) is 19.1 Å². The Morgan fingerprint density at radius 3 is 2.83 bits per heavy atom. The molecule has 3 aromatic rings. The summed E-state index contributed by atoms with van der Waals surface area (Å²) in [6.45, 7) is 5.74. The minimum absolute atomic E-state index is 0.237. The number of para-hydroxylation sites is 1. The topological polar surface area (TPSA) is 72.0 Å². The summed E-state index contributed by atoms with van der Waals surface area (Å²) < 4.78 is 5.48. The van der Waals surface area contributed by atoms with Gasteiger partial charge in [0.15, 0.2) is 11.9 Å². The van der Waals surface area contributed by atoms with E-state index < -0.39 is 12.1 Å². The molecule has 0 aliphatic heterocycles. The lowest BCUT2D eigenvalue weighted by atomic mass is 10.2. The van der Waals surface area contributed by atoms with E-state index in [0.717, 1.165) is 12.0 Å². The summed E-state index contributed by atoms with van der Waals surface area (Å²) in [5.74, 6) is -0.0536. The Bertz CT molecular complexity index is 958. The lowest BCUT2D eigenvalue weighted by Crippen LogP contribution is -2.17. The maximum atomic E-state index is 12.3. The van der Waals surface area contributed by atoms with E-state index in [1.165, 1.54) is 16.2 Å². The number of carbonyl (C=O) groups excluding carboxylic acids is 1.